The van der Waals surface area contributed by atoms with Crippen LogP contribution >= 0.6 is 7.82 Å². The van der Waals surface area contributed by atoms with Gasteiger partial charge in [-0.05, 0) is 0 Å². The number of phosphoric ester groups is 1. The zero-order valence-corrected chi connectivity index (χ0v) is 4.04. The Balaban J connectivity index is -0.0000000600. The minimum absolute atomic E-state index is 0. The summed E-state index contributed by atoms with van der Waals surface area (Å²) in [5.41, 5.74) is 0. The van der Waals surface area contributed by atoms with E-state index in [1.807, 2.05) is 0 Å². The Kier molecular flexibility index (Phi) is 26.6. The molecule has 5 nitrogen and oxygen atoms in total. The first-order valence-corrected chi connectivity index (χ1v) is 2.77. The van der Waals surface area contributed by atoms with Gasteiger partial charge in [0.1, 0.15) is 0 Å². The van der Waals surface area contributed by atoms with Gasteiger partial charge in [0.25, 0.3) is 0 Å². The second-order valence-corrected chi connectivity index (χ2v) is 1.88. The summed E-state index contributed by atoms with van der Waals surface area (Å²) in [6, 6.07) is 0. The molecule has 0 aromatic rings. The molecule has 0 aliphatic rings. The van der Waals surface area contributed by atoms with Crippen LogP contribution in [0.4, 0.5) is 0 Å². The molecule has 0 aliphatic carbocycles. The van der Waals surface area contributed by atoms with E-state index in [1.165, 1.54) is 0 Å². The van der Waals surface area contributed by atoms with E-state index in [0.29, 0.717) is 0 Å². The van der Waals surface area contributed by atoms with Crippen LogP contribution in [0.2, 0.25) is 0 Å². The van der Waals surface area contributed by atoms with Crippen molar-refractivity contribution in [3.63, 3.8) is 0 Å². The van der Waals surface area contributed by atoms with E-state index in [4.69, 9.17) is 14.6 Å². The summed E-state index contributed by atoms with van der Waals surface area (Å²) in [6.45, 7) is -0.305. The van der Waals surface area contributed by atoms with Gasteiger partial charge >= 0.3 is 103 Å². The molecule has 0 aliphatic heterocycles. The van der Waals surface area contributed by atoms with Gasteiger partial charge in [-0.3, -0.25) is 14.6 Å². The fourth-order valence-corrected chi connectivity index (χ4v) is 0.168. The number of phosphoric acid groups is 1. The van der Waals surface area contributed by atoms with Gasteiger partial charge in [-0.2, -0.15) is 0 Å². The monoisotopic (exact) mass is 198 g/mol. The molecule has 2 N–H and O–H groups in total. The standard InChI is InChI=1S/CH3O5P.3Na.3H/c2-1-6-7(3,4)5;;;;;;/h1H,(H2,3,4,5);;;;;;. The summed E-state index contributed by atoms with van der Waals surface area (Å²) in [7, 11) is -4.53. The summed E-state index contributed by atoms with van der Waals surface area (Å²) in [6.07, 6.45) is 0. The predicted octanol–water partition coefficient (Wildman–Crippen LogP) is -2.69. The third kappa shape index (κ3) is 22.4. The molecule has 0 unspecified atom stereocenters. The van der Waals surface area contributed by atoms with Gasteiger partial charge in [0.15, 0.2) is 0 Å². The first-order valence-electron chi connectivity index (χ1n) is 1.24. The molecule has 0 saturated carbocycles. The maximum absolute atomic E-state index is 9.47. The van der Waals surface area contributed by atoms with Crippen molar-refractivity contribution in [2.24, 2.45) is 0 Å². The van der Waals surface area contributed by atoms with Crippen LogP contribution in [-0.4, -0.2) is 105 Å². The first kappa shape index (κ1) is 22.9. The molecule has 0 aromatic carbocycles. The number of hydrogen-bond acceptors (Lipinski definition) is 3. The van der Waals surface area contributed by atoms with Gasteiger partial charge in [0, 0.05) is 0 Å². The third-order valence-corrected chi connectivity index (χ3v) is 0.541. The maximum atomic E-state index is 9.47. The molecule has 0 bridgehead atoms. The molecule has 0 spiro atoms. The van der Waals surface area contributed by atoms with Crippen LogP contribution in [0.15, 0.2) is 0 Å². The van der Waals surface area contributed by atoms with Gasteiger partial charge in [0.05, 0.1) is 0 Å². The fraction of sp³-hybridized carbons (Fsp3) is 0. The minimum atomic E-state index is -4.53. The molecule has 0 amide bonds. The molecule has 10 heavy (non-hydrogen) atoms. The van der Waals surface area contributed by atoms with Gasteiger partial charge in [-0.25, -0.2) is 4.57 Å². The Bertz CT molecular complexity index is 109. The second kappa shape index (κ2) is 11.6. The molecule has 0 aromatic heterocycles. The molecule has 0 atom stereocenters. The quantitative estimate of drug-likeness (QED) is 0.286. The number of carbonyl (C=O) groups is 1. The molecule has 0 radical (unpaired) electrons. The van der Waals surface area contributed by atoms with Crippen LogP contribution in [0, 0.1) is 0 Å². The van der Waals surface area contributed by atoms with E-state index >= 15 is 0 Å². The van der Waals surface area contributed by atoms with E-state index < -0.39 is 7.82 Å². The molecule has 0 rings (SSSR count). The summed E-state index contributed by atoms with van der Waals surface area (Å²) in [4.78, 5) is 24.5. The van der Waals surface area contributed by atoms with Crippen molar-refractivity contribution < 1.29 is 23.7 Å². The van der Waals surface area contributed by atoms with Crippen LogP contribution in [-0.2, 0) is 13.9 Å². The van der Waals surface area contributed by atoms with Gasteiger partial charge in [-0.15, -0.1) is 0 Å². The van der Waals surface area contributed by atoms with Gasteiger partial charge < -0.3 is 4.52 Å². The van der Waals surface area contributed by atoms with Crippen molar-refractivity contribution in [3.8, 4) is 0 Å². The molecular formula is CH6Na3O5P. The zero-order valence-electron chi connectivity index (χ0n) is 3.14. The molecular weight excluding hydrogens is 192 g/mol. The molecule has 0 saturated heterocycles. The van der Waals surface area contributed by atoms with Crippen LogP contribution in [0.25, 0.3) is 0 Å². The predicted molar refractivity (Wildman–Crippen MR) is 40.6 cm³/mol. The second-order valence-electron chi connectivity index (χ2n) is 0.692. The topological polar surface area (TPSA) is 83.8 Å². The Labute approximate surface area is 124 Å². The van der Waals surface area contributed by atoms with Gasteiger partial charge in [0.2, 0.25) is 0 Å². The fourth-order valence-electron chi connectivity index (χ4n) is 0.0561. The van der Waals surface area contributed by atoms with Crippen LogP contribution in [0.5, 0.6) is 0 Å². The van der Waals surface area contributed by atoms with E-state index in [2.05, 4.69) is 4.52 Å². The van der Waals surface area contributed by atoms with Gasteiger partial charge in [-0.1, -0.05) is 0 Å². The van der Waals surface area contributed by atoms with Crippen molar-refractivity contribution >= 4 is 103 Å². The Hall–Kier alpha value is 2.62. The van der Waals surface area contributed by atoms with E-state index in [-0.39, 0.29) is 95.1 Å². The molecule has 9 heteroatoms. The van der Waals surface area contributed by atoms with Crippen LogP contribution in [0.1, 0.15) is 0 Å². The van der Waals surface area contributed by atoms with Crippen molar-refractivity contribution in [1.29, 1.82) is 0 Å². The van der Waals surface area contributed by atoms with Crippen molar-refractivity contribution in [2.75, 3.05) is 0 Å². The SMILES string of the molecule is O=COP(=O)(O)O.[NaH].[NaH].[NaH]. The summed E-state index contributed by atoms with van der Waals surface area (Å²) < 4.78 is 12.7. The Morgan fingerprint density at radius 1 is 1.20 bits per heavy atom. The number of carbonyl (C=O) groups excluding carboxylic acids is 1. The normalized spacial score (nSPS) is 7.40. The molecule has 0 heterocycles. The van der Waals surface area contributed by atoms with Crippen molar-refractivity contribution in [2.45, 2.75) is 0 Å². The number of rotatable bonds is 2. The summed E-state index contributed by atoms with van der Waals surface area (Å²) in [5.74, 6) is 0. The third-order valence-electron chi connectivity index (χ3n) is 0.180. The van der Waals surface area contributed by atoms with E-state index in [0.717, 1.165) is 0 Å². The summed E-state index contributed by atoms with van der Waals surface area (Å²) in [5, 5.41) is 0. The van der Waals surface area contributed by atoms with E-state index in [9.17, 15) is 4.57 Å². The average molecular weight is 198 g/mol. The number of hydrogen-bond donors (Lipinski definition) is 2. The summed E-state index contributed by atoms with van der Waals surface area (Å²) >= 11 is 0. The Morgan fingerprint density at radius 2 is 1.50 bits per heavy atom. The zero-order chi connectivity index (χ0) is 5.91. The Morgan fingerprint density at radius 3 is 1.50 bits per heavy atom. The first-order chi connectivity index (χ1) is 3.06. The van der Waals surface area contributed by atoms with Crippen molar-refractivity contribution in [3.05, 3.63) is 0 Å². The van der Waals surface area contributed by atoms with Crippen LogP contribution < -0.4 is 0 Å². The van der Waals surface area contributed by atoms with E-state index in [1.54, 1.807) is 0 Å². The molecule has 48 valence electrons. The average Bonchev–Trinajstić information content (AvgIpc) is 1.30. The molecule has 0 fully saturated rings. The van der Waals surface area contributed by atoms with Crippen molar-refractivity contribution in [1.82, 2.24) is 0 Å². The van der Waals surface area contributed by atoms with Crippen LogP contribution in [0.3, 0.4) is 0 Å².